The van der Waals surface area contributed by atoms with Crippen molar-refractivity contribution >= 4 is 11.8 Å². The Morgan fingerprint density at radius 1 is 1.06 bits per heavy atom. The molecule has 2 saturated carbocycles. The fourth-order valence-corrected chi connectivity index (χ4v) is 4.01. The number of carbonyl (C=O) groups is 2. The van der Waals surface area contributed by atoms with Crippen molar-refractivity contribution in [3.63, 3.8) is 0 Å². The molecule has 0 aromatic carbocycles. The molecule has 0 spiro atoms. The van der Waals surface area contributed by atoms with Gasteiger partial charge in [0.05, 0.1) is 17.4 Å². The van der Waals surface area contributed by atoms with Crippen LogP contribution in [0.15, 0.2) is 0 Å². The molecule has 2 amide bonds. The van der Waals surface area contributed by atoms with Crippen LogP contribution in [0.4, 0.5) is 0 Å². The summed E-state index contributed by atoms with van der Waals surface area (Å²) in [6, 6.07) is 0. The normalized spacial score (nSPS) is 35.7. The van der Waals surface area contributed by atoms with Crippen molar-refractivity contribution in [2.45, 2.75) is 50.5 Å². The number of hydrogen-bond acceptors (Lipinski definition) is 3. The van der Waals surface area contributed by atoms with Crippen LogP contribution < -0.4 is 5.73 Å². The molecule has 0 aromatic rings. The van der Waals surface area contributed by atoms with Crippen LogP contribution in [0.25, 0.3) is 0 Å². The van der Waals surface area contributed by atoms with E-state index in [1.54, 1.807) is 4.90 Å². The van der Waals surface area contributed by atoms with Crippen LogP contribution in [0.5, 0.6) is 0 Å². The van der Waals surface area contributed by atoms with E-state index >= 15 is 0 Å². The summed E-state index contributed by atoms with van der Waals surface area (Å²) in [4.78, 5) is 26.4. The van der Waals surface area contributed by atoms with Gasteiger partial charge in [-0.05, 0) is 25.7 Å². The molecule has 2 atom stereocenters. The van der Waals surface area contributed by atoms with Gasteiger partial charge in [0.25, 0.3) is 0 Å². The van der Waals surface area contributed by atoms with E-state index in [1.807, 2.05) is 0 Å². The Balaban J connectivity index is 1.93. The van der Waals surface area contributed by atoms with Gasteiger partial charge >= 0.3 is 0 Å². The predicted molar refractivity (Wildman–Crippen MR) is 62.9 cm³/mol. The summed E-state index contributed by atoms with van der Waals surface area (Å²) in [5.41, 5.74) is 5.54. The molecule has 4 nitrogen and oxygen atoms in total. The number of nitrogens with zero attached hydrogens (tertiary/aromatic N) is 1. The number of hydrogen-bond donors (Lipinski definition) is 1. The van der Waals surface area contributed by atoms with Crippen LogP contribution >= 0.6 is 0 Å². The molecule has 94 valence electrons. The van der Waals surface area contributed by atoms with E-state index in [0.717, 1.165) is 44.9 Å². The number of likely N-dealkylation sites (tertiary alicyclic amines) is 1. The van der Waals surface area contributed by atoms with Crippen molar-refractivity contribution in [3.8, 4) is 0 Å². The molecular weight excluding hydrogens is 216 g/mol. The summed E-state index contributed by atoms with van der Waals surface area (Å²) < 4.78 is 0. The van der Waals surface area contributed by atoms with Crippen molar-refractivity contribution in [1.29, 1.82) is 0 Å². The standard InChI is InChI=1S/C13H20N2O2/c14-8-13(6-1-2-7-13)15-11(16)9-4-3-5-10(9)12(15)17/h9-10H,1-8,14H2. The summed E-state index contributed by atoms with van der Waals surface area (Å²) in [6.45, 7) is 0.434. The highest BCUT2D eigenvalue weighted by atomic mass is 16.2. The first kappa shape index (κ1) is 11.2. The molecule has 2 N–H and O–H groups in total. The largest absolute Gasteiger partial charge is 0.328 e. The van der Waals surface area contributed by atoms with Gasteiger partial charge in [-0.3, -0.25) is 14.5 Å². The maximum atomic E-state index is 12.4. The second-order valence-electron chi connectivity index (χ2n) is 5.79. The zero-order chi connectivity index (χ0) is 12.0. The third-order valence-corrected chi connectivity index (χ3v) is 4.98. The number of fused-ring (bicyclic) bond motifs is 1. The molecular formula is C13H20N2O2. The van der Waals surface area contributed by atoms with Crippen LogP contribution in [0.2, 0.25) is 0 Å². The van der Waals surface area contributed by atoms with E-state index in [2.05, 4.69) is 0 Å². The van der Waals surface area contributed by atoms with E-state index in [1.165, 1.54) is 0 Å². The minimum Gasteiger partial charge on any atom is -0.328 e. The molecule has 17 heavy (non-hydrogen) atoms. The lowest BCUT2D eigenvalue weighted by molar-refractivity contribution is -0.147. The molecule has 0 radical (unpaired) electrons. The monoisotopic (exact) mass is 236 g/mol. The Morgan fingerprint density at radius 2 is 1.59 bits per heavy atom. The molecule has 2 unspecified atom stereocenters. The first-order chi connectivity index (χ1) is 8.19. The first-order valence-electron chi connectivity index (χ1n) is 6.78. The Hall–Kier alpha value is -0.900. The molecule has 0 bridgehead atoms. The second kappa shape index (κ2) is 3.80. The Morgan fingerprint density at radius 3 is 2.06 bits per heavy atom. The summed E-state index contributed by atoms with van der Waals surface area (Å²) in [7, 11) is 0. The van der Waals surface area contributed by atoms with Crippen molar-refractivity contribution in [2.75, 3.05) is 6.54 Å². The highest BCUT2D eigenvalue weighted by Crippen LogP contribution is 2.46. The number of imide groups is 1. The van der Waals surface area contributed by atoms with Crippen LogP contribution in [-0.4, -0.2) is 28.8 Å². The third kappa shape index (κ3) is 1.39. The van der Waals surface area contributed by atoms with Crippen molar-refractivity contribution in [3.05, 3.63) is 0 Å². The summed E-state index contributed by atoms with van der Waals surface area (Å²) >= 11 is 0. The third-order valence-electron chi connectivity index (χ3n) is 4.98. The van der Waals surface area contributed by atoms with Gasteiger partial charge in [-0.1, -0.05) is 19.3 Å². The number of nitrogens with two attached hydrogens (primary N) is 1. The number of rotatable bonds is 2. The topological polar surface area (TPSA) is 63.4 Å². The van der Waals surface area contributed by atoms with E-state index in [-0.39, 0.29) is 29.2 Å². The molecule has 0 aromatic heterocycles. The maximum Gasteiger partial charge on any atom is 0.233 e. The SMILES string of the molecule is NCC1(N2C(=O)C3CCCC3C2=O)CCCC1. The lowest BCUT2D eigenvalue weighted by Gasteiger charge is -2.36. The fourth-order valence-electron chi connectivity index (χ4n) is 4.01. The number of amides is 2. The van der Waals surface area contributed by atoms with Crippen LogP contribution in [0.3, 0.4) is 0 Å². The molecule has 1 heterocycles. The smallest absolute Gasteiger partial charge is 0.233 e. The van der Waals surface area contributed by atoms with Crippen LogP contribution in [-0.2, 0) is 9.59 Å². The quantitative estimate of drug-likeness (QED) is 0.729. The van der Waals surface area contributed by atoms with Gasteiger partial charge in [-0.15, -0.1) is 0 Å². The fraction of sp³-hybridized carbons (Fsp3) is 0.846. The van der Waals surface area contributed by atoms with E-state index in [9.17, 15) is 9.59 Å². The summed E-state index contributed by atoms with van der Waals surface area (Å²) in [6.07, 6.45) is 6.79. The molecule has 3 rings (SSSR count). The Kier molecular flexibility index (Phi) is 2.51. The minimum atomic E-state index is -0.335. The molecule has 2 aliphatic carbocycles. The first-order valence-corrected chi connectivity index (χ1v) is 6.78. The van der Waals surface area contributed by atoms with Gasteiger partial charge in [0.1, 0.15) is 0 Å². The maximum absolute atomic E-state index is 12.4. The average molecular weight is 236 g/mol. The lowest BCUT2D eigenvalue weighted by atomic mass is 9.95. The second-order valence-corrected chi connectivity index (χ2v) is 5.79. The zero-order valence-electron chi connectivity index (χ0n) is 10.2. The highest BCUT2D eigenvalue weighted by molar-refractivity contribution is 6.06. The van der Waals surface area contributed by atoms with Gasteiger partial charge in [0.15, 0.2) is 0 Å². The van der Waals surface area contributed by atoms with Gasteiger partial charge < -0.3 is 5.73 Å². The molecule has 1 saturated heterocycles. The van der Waals surface area contributed by atoms with Crippen molar-refractivity contribution < 1.29 is 9.59 Å². The number of carbonyl (C=O) groups excluding carboxylic acids is 2. The van der Waals surface area contributed by atoms with E-state index in [4.69, 9.17) is 5.73 Å². The average Bonchev–Trinajstić information content (AvgIpc) is 3.01. The van der Waals surface area contributed by atoms with Crippen LogP contribution in [0.1, 0.15) is 44.9 Å². The van der Waals surface area contributed by atoms with Gasteiger partial charge in [0, 0.05) is 6.54 Å². The van der Waals surface area contributed by atoms with E-state index < -0.39 is 0 Å². The summed E-state index contributed by atoms with van der Waals surface area (Å²) in [5.74, 6) is 0.104. The van der Waals surface area contributed by atoms with Gasteiger partial charge in [-0.2, -0.15) is 0 Å². The van der Waals surface area contributed by atoms with Gasteiger partial charge in [-0.25, -0.2) is 0 Å². The Bertz CT molecular complexity index is 338. The predicted octanol–water partition coefficient (Wildman–Crippen LogP) is 1.04. The highest BCUT2D eigenvalue weighted by Gasteiger charge is 2.56. The molecule has 4 heteroatoms. The van der Waals surface area contributed by atoms with Crippen molar-refractivity contribution in [2.24, 2.45) is 17.6 Å². The molecule has 3 fully saturated rings. The summed E-state index contributed by atoms with van der Waals surface area (Å²) in [5, 5.41) is 0. The molecule has 3 aliphatic rings. The zero-order valence-corrected chi connectivity index (χ0v) is 10.2. The molecule has 1 aliphatic heterocycles. The minimum absolute atomic E-state index is 0.0217. The van der Waals surface area contributed by atoms with E-state index in [0.29, 0.717) is 6.54 Å². The van der Waals surface area contributed by atoms with Gasteiger partial charge in [0.2, 0.25) is 11.8 Å². The lowest BCUT2D eigenvalue weighted by Crippen LogP contribution is -2.55. The van der Waals surface area contributed by atoms with Crippen LogP contribution in [0, 0.1) is 11.8 Å². The van der Waals surface area contributed by atoms with Crippen molar-refractivity contribution in [1.82, 2.24) is 4.90 Å². The Labute approximate surface area is 102 Å².